The molecule has 2 saturated heterocycles. The molecule has 0 saturated carbocycles. The van der Waals surface area contributed by atoms with Crippen LogP contribution in [0.25, 0.3) is 10.8 Å². The van der Waals surface area contributed by atoms with Crippen LogP contribution in [-0.2, 0) is 11.3 Å². The van der Waals surface area contributed by atoms with Gasteiger partial charge in [0, 0.05) is 44.7 Å². The van der Waals surface area contributed by atoms with E-state index in [1.54, 1.807) is 17.0 Å². The van der Waals surface area contributed by atoms with Gasteiger partial charge in [-0.3, -0.25) is 9.59 Å². The molecule has 178 valence electrons. The smallest absolute Gasteiger partial charge is 0.275 e. The number of aromatic nitrogens is 2. The highest BCUT2D eigenvalue weighted by molar-refractivity contribution is 5.91. The van der Waals surface area contributed by atoms with Gasteiger partial charge >= 0.3 is 0 Å². The molecule has 1 aromatic heterocycles. The summed E-state index contributed by atoms with van der Waals surface area (Å²) in [6.07, 6.45) is 2.17. The fourth-order valence-electron chi connectivity index (χ4n) is 4.91. The number of para-hydroxylation sites is 1. The molecule has 1 amide bonds. The van der Waals surface area contributed by atoms with Crippen LogP contribution >= 0.6 is 0 Å². The minimum atomic E-state index is -0.256. The lowest BCUT2D eigenvalue weighted by molar-refractivity contribution is -0.132. The lowest BCUT2D eigenvalue weighted by Crippen LogP contribution is -2.50. The number of piperidine rings is 1. The first-order chi connectivity index (χ1) is 16.5. The largest absolute Gasteiger partial charge is 0.366 e. The number of amides is 1. The first-order valence-corrected chi connectivity index (χ1v) is 12.0. The second-order valence-corrected chi connectivity index (χ2v) is 9.32. The summed E-state index contributed by atoms with van der Waals surface area (Å²) in [6.45, 7) is 5.99. The Hall–Kier alpha value is -3.42. The molecule has 3 aromatic rings. The van der Waals surface area contributed by atoms with Crippen LogP contribution < -0.4 is 15.4 Å². The highest BCUT2D eigenvalue weighted by atomic mass is 19.1. The Labute approximate surface area is 198 Å². The first kappa shape index (κ1) is 22.4. The van der Waals surface area contributed by atoms with Crippen molar-refractivity contribution in [2.75, 3.05) is 49.1 Å². The van der Waals surface area contributed by atoms with Gasteiger partial charge in [0.2, 0.25) is 5.91 Å². The number of halogens is 1. The Balaban J connectivity index is 1.34. The summed E-state index contributed by atoms with van der Waals surface area (Å²) in [5.74, 6) is 1.06. The van der Waals surface area contributed by atoms with Crippen molar-refractivity contribution in [3.8, 4) is 0 Å². The van der Waals surface area contributed by atoms with E-state index in [0.29, 0.717) is 43.2 Å². The van der Waals surface area contributed by atoms with Crippen LogP contribution in [0.15, 0.2) is 53.3 Å². The van der Waals surface area contributed by atoms with Crippen molar-refractivity contribution in [2.24, 2.45) is 5.92 Å². The van der Waals surface area contributed by atoms with Gasteiger partial charge in [-0.05, 0) is 37.0 Å². The number of anilines is 2. The number of benzene rings is 2. The zero-order valence-electron chi connectivity index (χ0n) is 19.5. The zero-order valence-corrected chi connectivity index (χ0v) is 19.5. The second kappa shape index (κ2) is 9.44. The number of carbonyl (C=O) groups excluding carboxylic acids is 1. The van der Waals surface area contributed by atoms with Crippen molar-refractivity contribution >= 4 is 28.2 Å². The molecule has 34 heavy (non-hydrogen) atoms. The number of hydrogen-bond donors (Lipinski definition) is 0. The Bertz CT molecular complexity index is 1240. The van der Waals surface area contributed by atoms with Crippen LogP contribution in [0.3, 0.4) is 0 Å². The molecular weight excluding hydrogens is 433 g/mol. The van der Waals surface area contributed by atoms with E-state index < -0.39 is 0 Å². The predicted octanol–water partition coefficient (Wildman–Crippen LogP) is 3.12. The monoisotopic (exact) mass is 463 g/mol. The molecule has 2 aliphatic heterocycles. The van der Waals surface area contributed by atoms with E-state index in [0.717, 1.165) is 37.1 Å². The topological polar surface area (TPSA) is 61.7 Å². The van der Waals surface area contributed by atoms with E-state index in [1.165, 1.54) is 10.7 Å². The third kappa shape index (κ3) is 4.36. The van der Waals surface area contributed by atoms with Gasteiger partial charge < -0.3 is 14.7 Å². The Morgan fingerprint density at radius 1 is 0.912 bits per heavy atom. The van der Waals surface area contributed by atoms with Gasteiger partial charge in [0.05, 0.1) is 11.1 Å². The Kier molecular flexibility index (Phi) is 6.22. The van der Waals surface area contributed by atoms with Crippen molar-refractivity contribution in [3.63, 3.8) is 0 Å². The van der Waals surface area contributed by atoms with E-state index in [-0.39, 0.29) is 23.8 Å². The van der Waals surface area contributed by atoms with E-state index >= 15 is 0 Å². The normalized spacial score (nSPS) is 17.4. The predicted molar refractivity (Wildman–Crippen MR) is 132 cm³/mol. The molecule has 7 nitrogen and oxygen atoms in total. The highest BCUT2D eigenvalue weighted by Crippen LogP contribution is 2.27. The molecule has 2 aliphatic rings. The van der Waals surface area contributed by atoms with Crippen LogP contribution in [0.1, 0.15) is 19.8 Å². The van der Waals surface area contributed by atoms with Gasteiger partial charge in [-0.25, -0.2) is 9.07 Å². The maximum atomic E-state index is 14.1. The molecule has 3 heterocycles. The highest BCUT2D eigenvalue weighted by Gasteiger charge is 2.25. The maximum absolute atomic E-state index is 14.1. The van der Waals surface area contributed by atoms with Gasteiger partial charge in [-0.15, -0.1) is 0 Å². The summed E-state index contributed by atoms with van der Waals surface area (Å²) in [5, 5.41) is 6.10. The molecular formula is C26H30FN5O2. The molecule has 2 fully saturated rings. The number of hydrogen-bond acceptors (Lipinski definition) is 5. The third-order valence-electron chi connectivity index (χ3n) is 7.04. The molecule has 0 radical (unpaired) electrons. The molecule has 0 spiro atoms. The molecule has 0 bridgehead atoms. The summed E-state index contributed by atoms with van der Waals surface area (Å²) >= 11 is 0. The van der Waals surface area contributed by atoms with Crippen molar-refractivity contribution in [2.45, 2.75) is 26.3 Å². The SMILES string of the molecule is CC1CCN(c2nn(CC(=O)N3CCN(c4ccccc4F)CC3)c(=O)c3ccccc23)CC1. The zero-order chi connectivity index (χ0) is 23.7. The minimum Gasteiger partial charge on any atom is -0.366 e. The molecule has 0 N–H and O–H groups in total. The summed E-state index contributed by atoms with van der Waals surface area (Å²) in [6, 6.07) is 14.2. The molecule has 5 rings (SSSR count). The fourth-order valence-corrected chi connectivity index (χ4v) is 4.91. The Morgan fingerprint density at radius 2 is 1.56 bits per heavy atom. The van der Waals surface area contributed by atoms with Gasteiger partial charge in [-0.1, -0.05) is 37.3 Å². The second-order valence-electron chi connectivity index (χ2n) is 9.32. The minimum absolute atomic E-state index is 0.0966. The quantitative estimate of drug-likeness (QED) is 0.595. The summed E-state index contributed by atoms with van der Waals surface area (Å²) in [7, 11) is 0. The van der Waals surface area contributed by atoms with Crippen LogP contribution in [0.2, 0.25) is 0 Å². The Morgan fingerprint density at radius 3 is 2.26 bits per heavy atom. The summed E-state index contributed by atoms with van der Waals surface area (Å²) in [5.41, 5.74) is 0.311. The molecule has 0 aliphatic carbocycles. The fraction of sp³-hybridized carbons (Fsp3) is 0.423. The van der Waals surface area contributed by atoms with Gasteiger partial charge in [-0.2, -0.15) is 5.10 Å². The lowest BCUT2D eigenvalue weighted by atomic mass is 9.99. The standard InChI is InChI=1S/C26H30FN5O2/c1-19-10-12-31(13-11-19)25-20-6-2-3-7-21(20)26(34)32(28-25)18-24(33)30-16-14-29(15-17-30)23-9-5-4-8-22(23)27/h2-9,19H,10-18H2,1H3. The molecule has 2 aromatic carbocycles. The number of rotatable bonds is 4. The average molecular weight is 464 g/mol. The number of carbonyl (C=O) groups is 1. The van der Waals surface area contributed by atoms with E-state index in [4.69, 9.17) is 0 Å². The van der Waals surface area contributed by atoms with Crippen LogP contribution in [0.4, 0.5) is 15.9 Å². The maximum Gasteiger partial charge on any atom is 0.275 e. The van der Waals surface area contributed by atoms with Crippen molar-refractivity contribution in [1.29, 1.82) is 0 Å². The number of piperazine rings is 1. The van der Waals surface area contributed by atoms with Crippen LogP contribution in [0.5, 0.6) is 0 Å². The lowest BCUT2D eigenvalue weighted by Gasteiger charge is -2.36. The van der Waals surface area contributed by atoms with Crippen molar-refractivity contribution in [3.05, 3.63) is 64.7 Å². The average Bonchev–Trinajstić information content (AvgIpc) is 2.87. The van der Waals surface area contributed by atoms with E-state index in [1.807, 2.05) is 35.2 Å². The van der Waals surface area contributed by atoms with E-state index in [9.17, 15) is 14.0 Å². The van der Waals surface area contributed by atoms with Gasteiger partial charge in [0.1, 0.15) is 12.4 Å². The van der Waals surface area contributed by atoms with Gasteiger partial charge in [0.25, 0.3) is 5.56 Å². The third-order valence-corrected chi connectivity index (χ3v) is 7.04. The molecule has 8 heteroatoms. The molecule has 0 atom stereocenters. The van der Waals surface area contributed by atoms with Gasteiger partial charge in [0.15, 0.2) is 5.82 Å². The van der Waals surface area contributed by atoms with Crippen molar-refractivity contribution < 1.29 is 9.18 Å². The summed E-state index contributed by atoms with van der Waals surface area (Å²) < 4.78 is 15.5. The van der Waals surface area contributed by atoms with Crippen molar-refractivity contribution in [1.82, 2.24) is 14.7 Å². The number of nitrogens with zero attached hydrogens (tertiary/aromatic N) is 5. The van der Waals surface area contributed by atoms with Crippen LogP contribution in [-0.4, -0.2) is 59.9 Å². The molecule has 0 unspecified atom stereocenters. The number of fused-ring (bicyclic) bond motifs is 1. The van der Waals surface area contributed by atoms with E-state index in [2.05, 4.69) is 16.9 Å². The van der Waals surface area contributed by atoms with Crippen LogP contribution in [0, 0.1) is 11.7 Å². The summed E-state index contributed by atoms with van der Waals surface area (Å²) in [4.78, 5) is 32.2. The first-order valence-electron chi connectivity index (χ1n) is 12.0.